The van der Waals surface area contributed by atoms with Gasteiger partial charge in [-0.1, -0.05) is 23.8 Å². The highest BCUT2D eigenvalue weighted by molar-refractivity contribution is 7.89. The number of carbonyl (C=O) groups is 1. The number of pyridine rings is 1. The van der Waals surface area contributed by atoms with Gasteiger partial charge in [-0.05, 0) is 55.9 Å². The Balaban J connectivity index is 1.46. The van der Waals surface area contributed by atoms with E-state index in [0.29, 0.717) is 36.9 Å². The third kappa shape index (κ3) is 5.64. The standard InChI is InChI=1S/C22H29N3O3S/c1-18-5-8-21(9-6-18)29(27,28)25-14-11-19(12-15-25)7-10-22(26)24(2)17-20-4-3-13-23-16-20/h3-6,8-9,13,16,19H,7,10-12,14-15,17H2,1-2H3. The van der Waals surface area contributed by atoms with Crippen LogP contribution in [-0.4, -0.2) is 48.7 Å². The molecule has 29 heavy (non-hydrogen) atoms. The van der Waals surface area contributed by atoms with Gasteiger partial charge in [-0.25, -0.2) is 8.42 Å². The van der Waals surface area contributed by atoms with E-state index < -0.39 is 10.0 Å². The molecule has 0 bridgehead atoms. The van der Waals surface area contributed by atoms with Crippen LogP contribution < -0.4 is 0 Å². The van der Waals surface area contributed by atoms with Crippen LogP contribution in [-0.2, 0) is 21.4 Å². The van der Waals surface area contributed by atoms with Crippen molar-refractivity contribution in [1.82, 2.24) is 14.2 Å². The van der Waals surface area contributed by atoms with Crippen LogP contribution in [0.15, 0.2) is 53.7 Å². The van der Waals surface area contributed by atoms with Crippen LogP contribution in [0.1, 0.15) is 36.8 Å². The first-order chi connectivity index (χ1) is 13.9. The van der Waals surface area contributed by atoms with Gasteiger partial charge in [0.15, 0.2) is 0 Å². The number of aromatic nitrogens is 1. The number of rotatable bonds is 7. The van der Waals surface area contributed by atoms with Gasteiger partial charge >= 0.3 is 0 Å². The first-order valence-electron chi connectivity index (χ1n) is 10.1. The van der Waals surface area contributed by atoms with Gasteiger partial charge in [0, 0.05) is 45.5 Å². The summed E-state index contributed by atoms with van der Waals surface area (Å²) in [6.07, 6.45) is 6.38. The molecule has 0 aliphatic carbocycles. The molecule has 1 saturated heterocycles. The number of hydrogen-bond acceptors (Lipinski definition) is 4. The zero-order valence-electron chi connectivity index (χ0n) is 17.1. The fraction of sp³-hybridized carbons (Fsp3) is 0.455. The second-order valence-electron chi connectivity index (χ2n) is 7.81. The summed E-state index contributed by atoms with van der Waals surface area (Å²) in [4.78, 5) is 18.6. The molecule has 6 nitrogen and oxygen atoms in total. The van der Waals surface area contributed by atoms with Crippen LogP contribution in [0.2, 0.25) is 0 Å². The number of carbonyl (C=O) groups excluding carboxylic acids is 1. The number of amides is 1. The van der Waals surface area contributed by atoms with Gasteiger partial charge < -0.3 is 4.90 Å². The zero-order chi connectivity index (χ0) is 20.9. The summed E-state index contributed by atoms with van der Waals surface area (Å²) in [5.41, 5.74) is 2.05. The summed E-state index contributed by atoms with van der Waals surface area (Å²) in [7, 11) is -1.62. The molecule has 0 saturated carbocycles. The molecule has 1 aliphatic rings. The van der Waals surface area contributed by atoms with E-state index >= 15 is 0 Å². The van der Waals surface area contributed by atoms with E-state index in [-0.39, 0.29) is 5.91 Å². The molecule has 2 heterocycles. The van der Waals surface area contributed by atoms with Crippen molar-refractivity contribution >= 4 is 15.9 Å². The Morgan fingerprint density at radius 1 is 1.17 bits per heavy atom. The molecule has 0 atom stereocenters. The lowest BCUT2D eigenvalue weighted by Gasteiger charge is -2.31. The van der Waals surface area contributed by atoms with Gasteiger partial charge in [-0.15, -0.1) is 0 Å². The number of sulfonamides is 1. The van der Waals surface area contributed by atoms with Crippen LogP contribution in [0.25, 0.3) is 0 Å². The Labute approximate surface area is 173 Å². The lowest BCUT2D eigenvalue weighted by atomic mass is 9.93. The second kappa shape index (κ2) is 9.50. The molecule has 1 amide bonds. The molecule has 1 aromatic heterocycles. The Bertz CT molecular complexity index is 906. The normalized spacial score (nSPS) is 15.9. The Kier molecular flexibility index (Phi) is 7.03. The molecule has 156 valence electrons. The van der Waals surface area contributed by atoms with Crippen LogP contribution in [0.5, 0.6) is 0 Å². The maximum absolute atomic E-state index is 12.8. The SMILES string of the molecule is Cc1ccc(S(=O)(=O)N2CCC(CCC(=O)N(C)Cc3cccnc3)CC2)cc1. The van der Waals surface area contributed by atoms with Gasteiger partial charge in [0.2, 0.25) is 15.9 Å². The van der Waals surface area contributed by atoms with E-state index in [4.69, 9.17) is 0 Å². The highest BCUT2D eigenvalue weighted by Gasteiger charge is 2.29. The third-order valence-electron chi connectivity index (χ3n) is 5.57. The van der Waals surface area contributed by atoms with Crippen LogP contribution >= 0.6 is 0 Å². The van der Waals surface area contributed by atoms with Gasteiger partial charge in [-0.2, -0.15) is 4.31 Å². The predicted molar refractivity (Wildman–Crippen MR) is 113 cm³/mol. The topological polar surface area (TPSA) is 70.6 Å². The molecular weight excluding hydrogens is 386 g/mol. The first kappa shape index (κ1) is 21.5. The van der Waals surface area contributed by atoms with Crippen molar-refractivity contribution in [2.45, 2.75) is 44.0 Å². The summed E-state index contributed by atoms with van der Waals surface area (Å²) in [5.74, 6) is 0.499. The molecule has 0 spiro atoms. The minimum absolute atomic E-state index is 0.114. The summed E-state index contributed by atoms with van der Waals surface area (Å²) < 4.78 is 27.2. The largest absolute Gasteiger partial charge is 0.341 e. The number of hydrogen-bond donors (Lipinski definition) is 0. The molecule has 1 aromatic carbocycles. The third-order valence-corrected chi connectivity index (χ3v) is 7.48. The van der Waals surface area contributed by atoms with E-state index in [2.05, 4.69) is 4.98 Å². The van der Waals surface area contributed by atoms with Crippen LogP contribution in [0.4, 0.5) is 0 Å². The van der Waals surface area contributed by atoms with Crippen LogP contribution in [0, 0.1) is 12.8 Å². The van der Waals surface area contributed by atoms with E-state index in [1.54, 1.807) is 33.7 Å². The number of benzene rings is 1. The molecule has 2 aromatic rings. The fourth-order valence-corrected chi connectivity index (χ4v) is 5.14. The molecule has 7 heteroatoms. The van der Waals surface area contributed by atoms with Crippen molar-refractivity contribution in [2.75, 3.05) is 20.1 Å². The monoisotopic (exact) mass is 415 g/mol. The van der Waals surface area contributed by atoms with Crippen molar-refractivity contribution in [2.24, 2.45) is 5.92 Å². The van der Waals surface area contributed by atoms with Crippen molar-refractivity contribution in [3.05, 3.63) is 59.9 Å². The molecule has 0 unspecified atom stereocenters. The minimum atomic E-state index is -3.43. The molecule has 1 aliphatic heterocycles. The van der Waals surface area contributed by atoms with Crippen molar-refractivity contribution < 1.29 is 13.2 Å². The van der Waals surface area contributed by atoms with Gasteiger partial charge in [0.1, 0.15) is 0 Å². The molecule has 1 fully saturated rings. The average molecular weight is 416 g/mol. The van der Waals surface area contributed by atoms with Crippen LogP contribution in [0.3, 0.4) is 0 Å². The quantitative estimate of drug-likeness (QED) is 0.696. The molecular formula is C22H29N3O3S. The van der Waals surface area contributed by atoms with Gasteiger partial charge in [0.05, 0.1) is 4.90 Å². The molecule has 0 radical (unpaired) electrons. The number of nitrogens with zero attached hydrogens (tertiary/aromatic N) is 3. The van der Waals surface area contributed by atoms with E-state index in [1.165, 1.54) is 0 Å². The smallest absolute Gasteiger partial charge is 0.243 e. The maximum atomic E-state index is 12.8. The summed E-state index contributed by atoms with van der Waals surface area (Å²) in [5, 5.41) is 0. The summed E-state index contributed by atoms with van der Waals surface area (Å²) in [6.45, 7) is 3.53. The fourth-order valence-electron chi connectivity index (χ4n) is 3.67. The number of aryl methyl sites for hydroxylation is 1. The minimum Gasteiger partial charge on any atom is -0.341 e. The second-order valence-corrected chi connectivity index (χ2v) is 9.75. The lowest BCUT2D eigenvalue weighted by Crippen LogP contribution is -2.38. The summed E-state index contributed by atoms with van der Waals surface area (Å²) in [6, 6.07) is 10.8. The van der Waals surface area contributed by atoms with E-state index in [9.17, 15) is 13.2 Å². The number of piperidine rings is 1. The van der Waals surface area contributed by atoms with Gasteiger partial charge in [-0.3, -0.25) is 9.78 Å². The first-order valence-corrected chi connectivity index (χ1v) is 11.5. The summed E-state index contributed by atoms with van der Waals surface area (Å²) >= 11 is 0. The van der Waals surface area contributed by atoms with Gasteiger partial charge in [0.25, 0.3) is 0 Å². The highest BCUT2D eigenvalue weighted by atomic mass is 32.2. The van der Waals surface area contributed by atoms with Crippen molar-refractivity contribution in [3.63, 3.8) is 0 Å². The van der Waals surface area contributed by atoms with Crippen molar-refractivity contribution in [1.29, 1.82) is 0 Å². The Morgan fingerprint density at radius 2 is 1.86 bits per heavy atom. The van der Waals surface area contributed by atoms with E-state index in [1.807, 2.05) is 38.2 Å². The Hall–Kier alpha value is -2.25. The predicted octanol–water partition coefficient (Wildman–Crippen LogP) is 3.23. The molecule has 0 N–H and O–H groups in total. The Morgan fingerprint density at radius 3 is 2.48 bits per heavy atom. The van der Waals surface area contributed by atoms with Crippen molar-refractivity contribution in [3.8, 4) is 0 Å². The zero-order valence-corrected chi connectivity index (χ0v) is 17.9. The average Bonchev–Trinajstić information content (AvgIpc) is 2.73. The molecule has 3 rings (SSSR count). The lowest BCUT2D eigenvalue weighted by molar-refractivity contribution is -0.130. The highest BCUT2D eigenvalue weighted by Crippen LogP contribution is 2.27. The maximum Gasteiger partial charge on any atom is 0.243 e. The van der Waals surface area contributed by atoms with E-state index in [0.717, 1.165) is 30.4 Å².